The lowest BCUT2D eigenvalue weighted by molar-refractivity contribution is -0.160. The van der Waals surface area contributed by atoms with E-state index in [1.807, 2.05) is 52.0 Å². The van der Waals surface area contributed by atoms with Crippen molar-refractivity contribution in [3.05, 3.63) is 71.1 Å². The van der Waals surface area contributed by atoms with Crippen LogP contribution in [0.2, 0.25) is 0 Å². The summed E-state index contributed by atoms with van der Waals surface area (Å²) < 4.78 is 20.4. The highest BCUT2D eigenvalue weighted by Crippen LogP contribution is 2.37. The highest BCUT2D eigenvalue weighted by Gasteiger charge is 2.37. The maximum absolute atomic E-state index is 12.7. The zero-order valence-corrected chi connectivity index (χ0v) is 27.4. The van der Waals surface area contributed by atoms with Gasteiger partial charge in [0.05, 0.1) is 35.7 Å². The van der Waals surface area contributed by atoms with Gasteiger partial charge in [0.25, 0.3) is 0 Å². The summed E-state index contributed by atoms with van der Waals surface area (Å²) in [4.78, 5) is 19.7. The van der Waals surface area contributed by atoms with Crippen molar-refractivity contribution in [3.63, 3.8) is 0 Å². The number of anilines is 1. The standard InChI is InChI=1S/C35H50N4O5/c1-8-10-13-21-43-35(7)17-19-38(20-18-35)32-30(31(33(40)41)44-34(4,5)6)25(3)36-29-22-28(37-39(29)32)24-42-23-27-16-12-11-15-26(27)14-9-2/h9,11-12,15-16,22,31H,2,8,10,13-14,17-21,23-24H2,1,3-7H3,(H,40,41). The second kappa shape index (κ2) is 14.7. The van der Waals surface area contributed by atoms with E-state index in [1.165, 1.54) is 5.56 Å². The van der Waals surface area contributed by atoms with Gasteiger partial charge in [-0.3, -0.25) is 0 Å². The summed E-state index contributed by atoms with van der Waals surface area (Å²) in [6.07, 6.45) is 6.50. The average molecular weight is 607 g/mol. The van der Waals surface area contributed by atoms with Crippen molar-refractivity contribution in [1.29, 1.82) is 0 Å². The summed E-state index contributed by atoms with van der Waals surface area (Å²) >= 11 is 0. The Morgan fingerprint density at radius 1 is 1.16 bits per heavy atom. The fourth-order valence-electron chi connectivity index (χ4n) is 5.76. The van der Waals surface area contributed by atoms with Crippen molar-refractivity contribution in [2.24, 2.45) is 0 Å². The van der Waals surface area contributed by atoms with Crippen molar-refractivity contribution < 1.29 is 24.1 Å². The van der Waals surface area contributed by atoms with Gasteiger partial charge in [0, 0.05) is 31.5 Å². The Hall–Kier alpha value is -3.27. The quantitative estimate of drug-likeness (QED) is 0.146. The van der Waals surface area contributed by atoms with Crippen LogP contribution in [0.3, 0.4) is 0 Å². The lowest BCUT2D eigenvalue weighted by Crippen LogP contribution is -2.46. The maximum Gasteiger partial charge on any atom is 0.337 e. The normalized spacial score (nSPS) is 15.9. The first-order chi connectivity index (χ1) is 20.9. The van der Waals surface area contributed by atoms with E-state index in [4.69, 9.17) is 24.3 Å². The second-order valence-corrected chi connectivity index (χ2v) is 13.0. The van der Waals surface area contributed by atoms with Gasteiger partial charge in [-0.2, -0.15) is 9.61 Å². The van der Waals surface area contributed by atoms with Crippen LogP contribution in [0, 0.1) is 6.92 Å². The van der Waals surface area contributed by atoms with Gasteiger partial charge in [-0.15, -0.1) is 6.58 Å². The van der Waals surface area contributed by atoms with Crippen molar-refractivity contribution in [2.75, 3.05) is 24.6 Å². The number of aromatic nitrogens is 3. The zero-order valence-electron chi connectivity index (χ0n) is 27.4. The van der Waals surface area contributed by atoms with Gasteiger partial charge in [0.1, 0.15) is 5.82 Å². The molecule has 0 saturated carbocycles. The molecule has 1 saturated heterocycles. The molecule has 4 rings (SSSR count). The SMILES string of the molecule is C=CCc1ccccc1COCc1cc2nc(C)c(C(OC(C)(C)C)C(=O)O)c(N3CCC(C)(OCCCCC)CC3)n2n1. The molecule has 1 atom stereocenters. The Bertz CT molecular complexity index is 1420. The Morgan fingerprint density at radius 2 is 1.86 bits per heavy atom. The number of carboxylic acids is 1. The molecule has 2 aromatic heterocycles. The first-order valence-corrected chi connectivity index (χ1v) is 15.9. The minimum absolute atomic E-state index is 0.218. The van der Waals surface area contributed by atoms with Gasteiger partial charge in [-0.1, -0.05) is 50.1 Å². The summed E-state index contributed by atoms with van der Waals surface area (Å²) in [5, 5.41) is 15.3. The van der Waals surface area contributed by atoms with E-state index < -0.39 is 17.7 Å². The molecule has 0 aliphatic carbocycles. The summed E-state index contributed by atoms with van der Waals surface area (Å²) in [7, 11) is 0. The topological polar surface area (TPSA) is 98.4 Å². The highest BCUT2D eigenvalue weighted by molar-refractivity contribution is 5.78. The molecule has 3 heterocycles. The molecular formula is C35H50N4O5. The molecule has 1 aromatic carbocycles. The number of aryl methyl sites for hydroxylation is 1. The third kappa shape index (κ3) is 8.46. The Labute approximate surface area is 262 Å². The Morgan fingerprint density at radius 3 is 2.50 bits per heavy atom. The van der Waals surface area contributed by atoms with Gasteiger partial charge in [-0.25, -0.2) is 9.78 Å². The molecule has 1 aliphatic rings. The van der Waals surface area contributed by atoms with Crippen LogP contribution in [0.5, 0.6) is 0 Å². The molecule has 44 heavy (non-hydrogen) atoms. The molecule has 1 fully saturated rings. The number of carbonyl (C=O) groups is 1. The van der Waals surface area contributed by atoms with Crippen molar-refractivity contribution >= 4 is 17.4 Å². The smallest absolute Gasteiger partial charge is 0.337 e. The first-order valence-electron chi connectivity index (χ1n) is 15.9. The molecule has 1 aliphatic heterocycles. The summed E-state index contributed by atoms with van der Waals surface area (Å²) in [5.74, 6) is -0.347. The summed E-state index contributed by atoms with van der Waals surface area (Å²) in [6.45, 7) is 18.6. The number of rotatable bonds is 15. The number of fused-ring (bicyclic) bond motifs is 1. The highest BCUT2D eigenvalue weighted by atomic mass is 16.5. The fourth-order valence-corrected chi connectivity index (χ4v) is 5.76. The maximum atomic E-state index is 12.7. The molecular weight excluding hydrogens is 556 g/mol. The van der Waals surface area contributed by atoms with Crippen molar-refractivity contribution in [1.82, 2.24) is 14.6 Å². The van der Waals surface area contributed by atoms with Crippen LogP contribution in [0.4, 0.5) is 5.82 Å². The molecule has 1 N–H and O–H groups in total. The van der Waals surface area contributed by atoms with Crippen LogP contribution in [0.1, 0.15) is 101 Å². The third-order valence-corrected chi connectivity index (χ3v) is 8.12. The van der Waals surface area contributed by atoms with E-state index in [1.54, 1.807) is 4.52 Å². The van der Waals surface area contributed by atoms with Crippen LogP contribution < -0.4 is 4.90 Å². The van der Waals surface area contributed by atoms with E-state index >= 15 is 0 Å². The van der Waals surface area contributed by atoms with Gasteiger partial charge >= 0.3 is 5.97 Å². The van der Waals surface area contributed by atoms with Crippen LogP contribution in [0.25, 0.3) is 5.65 Å². The molecule has 0 amide bonds. The number of piperidine rings is 1. The summed E-state index contributed by atoms with van der Waals surface area (Å²) in [6, 6.07) is 10.1. The van der Waals surface area contributed by atoms with Gasteiger partial charge in [0.2, 0.25) is 0 Å². The number of ether oxygens (including phenoxy) is 3. The number of allylic oxidation sites excluding steroid dienone is 1. The molecule has 9 nitrogen and oxygen atoms in total. The Kier molecular flexibility index (Phi) is 11.2. The van der Waals surface area contributed by atoms with Crippen molar-refractivity contribution in [2.45, 2.75) is 111 Å². The lowest BCUT2D eigenvalue weighted by atomic mass is 9.92. The largest absolute Gasteiger partial charge is 0.479 e. The average Bonchev–Trinajstić information content (AvgIpc) is 3.37. The molecule has 0 bridgehead atoms. The number of nitrogens with zero attached hydrogens (tertiary/aromatic N) is 4. The van der Waals surface area contributed by atoms with Crippen LogP contribution in [-0.4, -0.2) is 56.6 Å². The predicted octanol–water partition coefficient (Wildman–Crippen LogP) is 6.99. The number of carboxylic acid groups (broad SMARTS) is 1. The molecule has 0 spiro atoms. The van der Waals surface area contributed by atoms with E-state index in [-0.39, 0.29) is 5.60 Å². The fraction of sp³-hybridized carbons (Fsp3) is 0.571. The van der Waals surface area contributed by atoms with Gasteiger partial charge in [-0.05, 0) is 71.4 Å². The molecule has 1 unspecified atom stereocenters. The number of hydrogen-bond donors (Lipinski definition) is 1. The van der Waals surface area contributed by atoms with E-state index in [2.05, 4.69) is 37.5 Å². The minimum Gasteiger partial charge on any atom is -0.479 e. The number of aliphatic carboxylic acids is 1. The number of hydrogen-bond acceptors (Lipinski definition) is 7. The number of benzene rings is 1. The molecule has 240 valence electrons. The second-order valence-electron chi connectivity index (χ2n) is 13.0. The zero-order chi connectivity index (χ0) is 31.9. The molecule has 3 aromatic rings. The van der Waals surface area contributed by atoms with Gasteiger partial charge < -0.3 is 24.2 Å². The van der Waals surface area contributed by atoms with E-state index in [0.29, 0.717) is 49.0 Å². The first kappa shape index (κ1) is 33.6. The Balaban J connectivity index is 1.66. The van der Waals surface area contributed by atoms with E-state index in [9.17, 15) is 9.90 Å². The van der Waals surface area contributed by atoms with Crippen LogP contribution in [-0.2, 0) is 38.6 Å². The van der Waals surface area contributed by atoms with E-state index in [0.717, 1.165) is 56.4 Å². The van der Waals surface area contributed by atoms with Crippen molar-refractivity contribution in [3.8, 4) is 0 Å². The van der Waals surface area contributed by atoms with Crippen LogP contribution in [0.15, 0.2) is 43.0 Å². The lowest BCUT2D eigenvalue weighted by Gasteiger charge is -2.41. The van der Waals surface area contributed by atoms with Gasteiger partial charge in [0.15, 0.2) is 11.8 Å². The predicted molar refractivity (Wildman–Crippen MR) is 173 cm³/mol. The number of unbranched alkanes of at least 4 members (excludes halogenated alkanes) is 2. The van der Waals surface area contributed by atoms with Crippen LogP contribution >= 0.6 is 0 Å². The minimum atomic E-state index is -1.20. The monoisotopic (exact) mass is 606 g/mol. The summed E-state index contributed by atoms with van der Waals surface area (Å²) in [5.41, 5.74) is 3.92. The third-order valence-electron chi connectivity index (χ3n) is 8.12. The molecule has 9 heteroatoms. The molecule has 0 radical (unpaired) electrons.